The molecule has 5 nitrogen and oxygen atoms in total. The Balaban J connectivity index is 1.82. The minimum absolute atomic E-state index is 0.0925. The third-order valence-electron chi connectivity index (χ3n) is 3.45. The SMILES string of the molecule is CC(C)CNc1ccc(NS(=O)(=O)CCCc2ccccc2)cn1. The van der Waals surface area contributed by atoms with E-state index in [1.54, 1.807) is 12.1 Å². The van der Waals surface area contributed by atoms with Crippen molar-refractivity contribution in [2.75, 3.05) is 22.3 Å². The van der Waals surface area contributed by atoms with Crippen molar-refractivity contribution < 1.29 is 8.42 Å². The third-order valence-corrected chi connectivity index (χ3v) is 4.82. The van der Waals surface area contributed by atoms with Gasteiger partial charge in [-0.2, -0.15) is 0 Å². The fourth-order valence-corrected chi connectivity index (χ4v) is 3.32. The maximum absolute atomic E-state index is 12.1. The Morgan fingerprint density at radius 3 is 2.46 bits per heavy atom. The molecule has 0 saturated heterocycles. The number of sulfonamides is 1. The van der Waals surface area contributed by atoms with Crippen LogP contribution >= 0.6 is 0 Å². The molecule has 0 radical (unpaired) electrons. The number of aryl methyl sites for hydroxylation is 1. The number of anilines is 2. The molecule has 0 amide bonds. The lowest BCUT2D eigenvalue weighted by Gasteiger charge is -2.10. The lowest BCUT2D eigenvalue weighted by atomic mass is 10.1. The quantitative estimate of drug-likeness (QED) is 0.728. The highest BCUT2D eigenvalue weighted by Gasteiger charge is 2.10. The molecule has 0 unspecified atom stereocenters. The molecule has 130 valence electrons. The molecule has 0 aliphatic carbocycles. The summed E-state index contributed by atoms with van der Waals surface area (Å²) in [5.74, 6) is 1.36. The summed E-state index contributed by atoms with van der Waals surface area (Å²) in [5.41, 5.74) is 1.64. The smallest absolute Gasteiger partial charge is 0.232 e. The van der Waals surface area contributed by atoms with E-state index in [2.05, 4.69) is 28.9 Å². The van der Waals surface area contributed by atoms with Gasteiger partial charge in [-0.25, -0.2) is 13.4 Å². The van der Waals surface area contributed by atoms with Crippen LogP contribution in [0.5, 0.6) is 0 Å². The molecule has 0 aliphatic rings. The summed E-state index contributed by atoms with van der Waals surface area (Å²) < 4.78 is 26.8. The van der Waals surface area contributed by atoms with Crippen molar-refractivity contribution in [2.45, 2.75) is 26.7 Å². The highest BCUT2D eigenvalue weighted by atomic mass is 32.2. The number of nitrogens with zero attached hydrogens (tertiary/aromatic N) is 1. The van der Waals surface area contributed by atoms with Crippen molar-refractivity contribution >= 4 is 21.5 Å². The molecule has 0 saturated carbocycles. The fourth-order valence-electron chi connectivity index (χ4n) is 2.21. The predicted molar refractivity (Wildman–Crippen MR) is 99.7 cm³/mol. The third kappa shape index (κ3) is 6.58. The summed E-state index contributed by atoms with van der Waals surface area (Å²) in [4.78, 5) is 4.22. The number of benzene rings is 1. The zero-order chi connectivity index (χ0) is 17.4. The van der Waals surface area contributed by atoms with Crippen LogP contribution < -0.4 is 10.0 Å². The van der Waals surface area contributed by atoms with Crippen LogP contribution in [0.2, 0.25) is 0 Å². The fraction of sp³-hybridized carbons (Fsp3) is 0.389. The summed E-state index contributed by atoms with van der Waals surface area (Å²) in [6, 6.07) is 13.4. The van der Waals surface area contributed by atoms with Crippen molar-refractivity contribution in [3.63, 3.8) is 0 Å². The molecule has 0 bridgehead atoms. The van der Waals surface area contributed by atoms with E-state index in [0.717, 1.165) is 24.3 Å². The Morgan fingerprint density at radius 1 is 1.08 bits per heavy atom. The standard InChI is InChI=1S/C18H25N3O2S/c1-15(2)13-19-18-11-10-17(14-20-18)21-24(22,23)12-6-9-16-7-4-3-5-8-16/h3-5,7-8,10-11,14-15,21H,6,9,12-13H2,1-2H3,(H,19,20). The van der Waals surface area contributed by atoms with Crippen LogP contribution in [0.1, 0.15) is 25.8 Å². The highest BCUT2D eigenvalue weighted by molar-refractivity contribution is 7.92. The van der Waals surface area contributed by atoms with Gasteiger partial charge in [0, 0.05) is 6.54 Å². The highest BCUT2D eigenvalue weighted by Crippen LogP contribution is 2.13. The van der Waals surface area contributed by atoms with Crippen LogP contribution in [0.25, 0.3) is 0 Å². The van der Waals surface area contributed by atoms with Crippen LogP contribution in [0.4, 0.5) is 11.5 Å². The molecule has 0 fully saturated rings. The van der Waals surface area contributed by atoms with Crippen LogP contribution in [0.15, 0.2) is 48.7 Å². The molecule has 1 aromatic heterocycles. The lowest BCUT2D eigenvalue weighted by Crippen LogP contribution is -2.17. The summed E-state index contributed by atoms with van der Waals surface area (Å²) in [6.45, 7) is 5.06. The van der Waals surface area contributed by atoms with Crippen LogP contribution in [-0.2, 0) is 16.4 Å². The largest absolute Gasteiger partial charge is 0.370 e. The first-order valence-electron chi connectivity index (χ1n) is 8.19. The average molecular weight is 347 g/mol. The van der Waals surface area contributed by atoms with E-state index >= 15 is 0 Å². The number of hydrogen-bond donors (Lipinski definition) is 2. The average Bonchev–Trinajstić information content (AvgIpc) is 2.54. The number of pyridine rings is 1. The van der Waals surface area contributed by atoms with Crippen molar-refractivity contribution in [3.8, 4) is 0 Å². The molecule has 24 heavy (non-hydrogen) atoms. The van der Waals surface area contributed by atoms with Crippen LogP contribution in [0.3, 0.4) is 0 Å². The van der Waals surface area contributed by atoms with Gasteiger partial charge in [0.1, 0.15) is 5.82 Å². The van der Waals surface area contributed by atoms with E-state index in [-0.39, 0.29) is 5.75 Å². The first-order chi connectivity index (χ1) is 11.4. The number of nitrogens with one attached hydrogen (secondary N) is 2. The lowest BCUT2D eigenvalue weighted by molar-refractivity contribution is 0.598. The van der Waals surface area contributed by atoms with E-state index in [0.29, 0.717) is 18.0 Å². The Bertz CT molecular complexity index is 714. The molecule has 0 aliphatic heterocycles. The number of aromatic nitrogens is 1. The van der Waals surface area contributed by atoms with Gasteiger partial charge in [0.05, 0.1) is 17.6 Å². The van der Waals surface area contributed by atoms with Gasteiger partial charge in [0.15, 0.2) is 0 Å². The van der Waals surface area contributed by atoms with E-state index in [1.165, 1.54) is 6.20 Å². The number of hydrogen-bond acceptors (Lipinski definition) is 4. The molecule has 0 spiro atoms. The first kappa shape index (κ1) is 18.3. The van der Waals surface area contributed by atoms with E-state index in [1.807, 2.05) is 30.3 Å². The second kappa shape index (κ2) is 8.68. The van der Waals surface area contributed by atoms with Crippen LogP contribution in [-0.4, -0.2) is 25.7 Å². The zero-order valence-electron chi connectivity index (χ0n) is 14.2. The summed E-state index contributed by atoms with van der Waals surface area (Å²) in [5, 5.41) is 3.20. The minimum atomic E-state index is -3.35. The molecule has 2 rings (SSSR count). The van der Waals surface area contributed by atoms with Gasteiger partial charge >= 0.3 is 0 Å². The van der Waals surface area contributed by atoms with Gasteiger partial charge in [-0.1, -0.05) is 44.2 Å². The summed E-state index contributed by atoms with van der Waals surface area (Å²) >= 11 is 0. The Kier molecular flexibility index (Phi) is 6.61. The van der Waals surface area contributed by atoms with Gasteiger partial charge in [0.25, 0.3) is 0 Å². The maximum atomic E-state index is 12.1. The Morgan fingerprint density at radius 2 is 1.83 bits per heavy atom. The molecule has 1 aromatic carbocycles. The van der Waals surface area contributed by atoms with E-state index in [9.17, 15) is 8.42 Å². The van der Waals surface area contributed by atoms with E-state index in [4.69, 9.17) is 0 Å². The predicted octanol–water partition coefficient (Wildman–Crippen LogP) is 3.52. The van der Waals surface area contributed by atoms with Gasteiger partial charge in [-0.05, 0) is 36.5 Å². The maximum Gasteiger partial charge on any atom is 0.232 e. The van der Waals surface area contributed by atoms with Gasteiger partial charge < -0.3 is 5.32 Å². The molecular weight excluding hydrogens is 322 g/mol. The van der Waals surface area contributed by atoms with Crippen molar-refractivity contribution in [1.82, 2.24) is 4.98 Å². The minimum Gasteiger partial charge on any atom is -0.370 e. The van der Waals surface area contributed by atoms with E-state index < -0.39 is 10.0 Å². The van der Waals surface area contributed by atoms with Gasteiger partial charge in [-0.15, -0.1) is 0 Å². The Labute approximate surface area is 144 Å². The van der Waals surface area contributed by atoms with Crippen molar-refractivity contribution in [1.29, 1.82) is 0 Å². The summed E-state index contributed by atoms with van der Waals surface area (Å²) in [6.07, 6.45) is 2.87. The zero-order valence-corrected chi connectivity index (χ0v) is 15.0. The second-order valence-electron chi connectivity index (χ2n) is 6.22. The molecular formula is C18H25N3O2S. The first-order valence-corrected chi connectivity index (χ1v) is 9.84. The molecule has 2 aromatic rings. The molecule has 0 atom stereocenters. The molecule has 1 heterocycles. The Hall–Kier alpha value is -2.08. The van der Waals surface area contributed by atoms with Gasteiger partial charge in [-0.3, -0.25) is 4.72 Å². The topological polar surface area (TPSA) is 71.1 Å². The number of rotatable bonds is 9. The monoisotopic (exact) mass is 347 g/mol. The van der Waals surface area contributed by atoms with Crippen molar-refractivity contribution in [2.24, 2.45) is 5.92 Å². The molecule has 6 heteroatoms. The normalized spacial score (nSPS) is 11.5. The van der Waals surface area contributed by atoms with Gasteiger partial charge in [0.2, 0.25) is 10.0 Å². The molecule has 2 N–H and O–H groups in total. The summed E-state index contributed by atoms with van der Waals surface area (Å²) in [7, 11) is -3.35. The second-order valence-corrected chi connectivity index (χ2v) is 8.06. The van der Waals surface area contributed by atoms with Crippen molar-refractivity contribution in [3.05, 3.63) is 54.2 Å². The van der Waals surface area contributed by atoms with Crippen LogP contribution in [0, 0.1) is 5.92 Å².